The quantitative estimate of drug-likeness (QED) is 0.758. The summed E-state index contributed by atoms with van der Waals surface area (Å²) in [5.74, 6) is 0.893. The number of ether oxygens (including phenoxy) is 2. The molecule has 0 aromatic heterocycles. The molecule has 94 valence electrons. The molecule has 0 saturated carbocycles. The predicted molar refractivity (Wildman–Crippen MR) is 69.8 cm³/mol. The molecule has 0 amide bonds. The van der Waals surface area contributed by atoms with E-state index >= 15 is 0 Å². The maximum Gasteiger partial charge on any atom is 0.119 e. The van der Waals surface area contributed by atoms with Gasteiger partial charge in [-0.25, -0.2) is 0 Å². The average Bonchev–Trinajstić information content (AvgIpc) is 2.40. The smallest absolute Gasteiger partial charge is 0.119 e. The van der Waals surface area contributed by atoms with E-state index in [1.54, 1.807) is 0 Å². The third-order valence-corrected chi connectivity index (χ3v) is 3.58. The van der Waals surface area contributed by atoms with Gasteiger partial charge in [-0.1, -0.05) is 12.1 Å². The molecule has 0 spiro atoms. The first-order chi connectivity index (χ1) is 8.31. The SMILES string of the molecule is CCOc1ccc(C(Cl)C2CCCCO2)cc1. The molecule has 1 aliphatic heterocycles. The molecule has 1 saturated heterocycles. The lowest BCUT2D eigenvalue weighted by Gasteiger charge is -2.26. The van der Waals surface area contributed by atoms with Crippen LogP contribution < -0.4 is 4.74 Å². The van der Waals surface area contributed by atoms with Crippen LogP contribution in [0.3, 0.4) is 0 Å². The van der Waals surface area contributed by atoms with Crippen LogP contribution in [0, 0.1) is 0 Å². The van der Waals surface area contributed by atoms with E-state index in [1.165, 1.54) is 6.42 Å². The molecular weight excluding hydrogens is 236 g/mol. The minimum Gasteiger partial charge on any atom is -0.494 e. The van der Waals surface area contributed by atoms with Gasteiger partial charge in [0, 0.05) is 6.61 Å². The molecule has 1 heterocycles. The lowest BCUT2D eigenvalue weighted by Crippen LogP contribution is -2.23. The summed E-state index contributed by atoms with van der Waals surface area (Å²) >= 11 is 6.45. The molecule has 2 rings (SSSR count). The van der Waals surface area contributed by atoms with E-state index in [-0.39, 0.29) is 11.5 Å². The Bertz CT molecular complexity index is 331. The van der Waals surface area contributed by atoms with Crippen molar-refractivity contribution in [1.29, 1.82) is 0 Å². The normalized spacial score (nSPS) is 22.1. The number of rotatable bonds is 4. The van der Waals surface area contributed by atoms with Crippen LogP contribution in [-0.4, -0.2) is 19.3 Å². The van der Waals surface area contributed by atoms with E-state index in [1.807, 2.05) is 31.2 Å². The first-order valence-corrected chi connectivity index (χ1v) is 6.73. The zero-order valence-corrected chi connectivity index (χ0v) is 11.0. The summed E-state index contributed by atoms with van der Waals surface area (Å²) < 4.78 is 11.1. The number of hydrogen-bond acceptors (Lipinski definition) is 2. The summed E-state index contributed by atoms with van der Waals surface area (Å²) in [6, 6.07) is 8.00. The molecule has 1 fully saturated rings. The van der Waals surface area contributed by atoms with Gasteiger partial charge in [0.05, 0.1) is 18.1 Å². The molecule has 0 bridgehead atoms. The summed E-state index contributed by atoms with van der Waals surface area (Å²) in [6.07, 6.45) is 3.58. The van der Waals surface area contributed by atoms with Crippen molar-refractivity contribution in [2.24, 2.45) is 0 Å². The monoisotopic (exact) mass is 254 g/mol. The second-order valence-electron chi connectivity index (χ2n) is 4.31. The fraction of sp³-hybridized carbons (Fsp3) is 0.571. The van der Waals surface area contributed by atoms with Crippen molar-refractivity contribution in [3.05, 3.63) is 29.8 Å². The van der Waals surface area contributed by atoms with E-state index in [9.17, 15) is 0 Å². The van der Waals surface area contributed by atoms with E-state index in [0.29, 0.717) is 6.61 Å². The van der Waals surface area contributed by atoms with Gasteiger partial charge in [0.15, 0.2) is 0 Å². The van der Waals surface area contributed by atoms with Crippen molar-refractivity contribution in [2.75, 3.05) is 13.2 Å². The van der Waals surface area contributed by atoms with Gasteiger partial charge >= 0.3 is 0 Å². The Kier molecular flexibility index (Phi) is 4.69. The van der Waals surface area contributed by atoms with Crippen LogP contribution in [0.5, 0.6) is 5.75 Å². The minimum atomic E-state index is -0.0500. The van der Waals surface area contributed by atoms with Crippen LogP contribution in [0.4, 0.5) is 0 Å². The Morgan fingerprint density at radius 2 is 2.12 bits per heavy atom. The summed E-state index contributed by atoms with van der Waals surface area (Å²) in [6.45, 7) is 3.51. The maximum atomic E-state index is 6.45. The van der Waals surface area contributed by atoms with Gasteiger partial charge in [-0.3, -0.25) is 0 Å². The standard InChI is InChI=1S/C14H19ClO2/c1-2-16-12-8-6-11(7-9-12)14(15)13-5-3-4-10-17-13/h6-9,13-14H,2-5,10H2,1H3. The first kappa shape index (κ1) is 12.7. The zero-order chi connectivity index (χ0) is 12.1. The van der Waals surface area contributed by atoms with Crippen molar-refractivity contribution in [1.82, 2.24) is 0 Å². The Morgan fingerprint density at radius 1 is 1.35 bits per heavy atom. The second kappa shape index (κ2) is 6.27. The topological polar surface area (TPSA) is 18.5 Å². The van der Waals surface area contributed by atoms with Crippen LogP contribution in [0.25, 0.3) is 0 Å². The van der Waals surface area contributed by atoms with Crippen molar-refractivity contribution < 1.29 is 9.47 Å². The fourth-order valence-electron chi connectivity index (χ4n) is 2.13. The highest BCUT2D eigenvalue weighted by molar-refractivity contribution is 6.21. The molecule has 1 aliphatic rings. The molecule has 1 aromatic rings. The third-order valence-electron chi connectivity index (χ3n) is 3.05. The minimum absolute atomic E-state index is 0.0500. The average molecular weight is 255 g/mol. The summed E-state index contributed by atoms with van der Waals surface area (Å²) in [5, 5.41) is -0.0500. The zero-order valence-electron chi connectivity index (χ0n) is 10.2. The van der Waals surface area contributed by atoms with Gasteiger partial charge < -0.3 is 9.47 Å². The highest BCUT2D eigenvalue weighted by Gasteiger charge is 2.23. The lowest BCUT2D eigenvalue weighted by molar-refractivity contribution is 0.0136. The van der Waals surface area contributed by atoms with Crippen molar-refractivity contribution in [2.45, 2.75) is 37.7 Å². The van der Waals surface area contributed by atoms with Gasteiger partial charge in [0.25, 0.3) is 0 Å². The second-order valence-corrected chi connectivity index (χ2v) is 4.78. The van der Waals surface area contributed by atoms with Crippen LogP contribution in [-0.2, 0) is 4.74 Å². The van der Waals surface area contributed by atoms with Gasteiger partial charge in [-0.2, -0.15) is 0 Å². The predicted octanol–water partition coefficient (Wildman–Crippen LogP) is 3.93. The van der Waals surface area contributed by atoms with Gasteiger partial charge in [-0.15, -0.1) is 11.6 Å². The molecule has 0 radical (unpaired) electrons. The fourth-order valence-corrected chi connectivity index (χ4v) is 2.47. The summed E-state index contributed by atoms with van der Waals surface area (Å²) in [4.78, 5) is 0. The van der Waals surface area contributed by atoms with E-state index in [2.05, 4.69) is 0 Å². The molecular formula is C14H19ClO2. The molecule has 17 heavy (non-hydrogen) atoms. The highest BCUT2D eigenvalue weighted by Crippen LogP contribution is 2.32. The molecule has 0 N–H and O–H groups in total. The van der Waals surface area contributed by atoms with Crippen LogP contribution >= 0.6 is 11.6 Å². The highest BCUT2D eigenvalue weighted by atomic mass is 35.5. The van der Waals surface area contributed by atoms with Crippen LogP contribution in [0.1, 0.15) is 37.1 Å². The van der Waals surface area contributed by atoms with E-state index in [4.69, 9.17) is 21.1 Å². The van der Waals surface area contributed by atoms with Crippen molar-refractivity contribution in [3.8, 4) is 5.75 Å². The van der Waals surface area contributed by atoms with Gasteiger partial charge in [-0.05, 0) is 43.9 Å². The first-order valence-electron chi connectivity index (χ1n) is 6.29. The Labute approximate surface area is 108 Å². The maximum absolute atomic E-state index is 6.45. The molecule has 0 aliphatic carbocycles. The third kappa shape index (κ3) is 3.36. The van der Waals surface area contributed by atoms with Crippen LogP contribution in [0.15, 0.2) is 24.3 Å². The molecule has 1 aromatic carbocycles. The molecule has 2 nitrogen and oxygen atoms in total. The van der Waals surface area contributed by atoms with E-state index < -0.39 is 0 Å². The molecule has 3 heteroatoms. The number of hydrogen-bond donors (Lipinski definition) is 0. The van der Waals surface area contributed by atoms with Crippen molar-refractivity contribution in [3.63, 3.8) is 0 Å². The Balaban J connectivity index is 2.00. The Hall–Kier alpha value is -0.730. The van der Waals surface area contributed by atoms with Crippen LogP contribution in [0.2, 0.25) is 0 Å². The number of halogens is 1. The van der Waals surface area contributed by atoms with Crippen molar-refractivity contribution >= 4 is 11.6 Å². The number of benzene rings is 1. The van der Waals surface area contributed by atoms with Gasteiger partial charge in [0.1, 0.15) is 5.75 Å². The largest absolute Gasteiger partial charge is 0.494 e. The molecule has 2 atom stereocenters. The summed E-state index contributed by atoms with van der Waals surface area (Å²) in [5.41, 5.74) is 1.11. The molecule has 2 unspecified atom stereocenters. The lowest BCUT2D eigenvalue weighted by atomic mass is 10.0. The van der Waals surface area contributed by atoms with E-state index in [0.717, 1.165) is 30.8 Å². The van der Waals surface area contributed by atoms with Gasteiger partial charge in [0.2, 0.25) is 0 Å². The number of alkyl halides is 1. The Morgan fingerprint density at radius 3 is 2.71 bits per heavy atom. The summed E-state index contributed by atoms with van der Waals surface area (Å²) in [7, 11) is 0.